The molecule has 7 nitrogen and oxygen atoms in total. The zero-order valence-electron chi connectivity index (χ0n) is 15.5. The van der Waals surface area contributed by atoms with E-state index < -0.39 is 26.6 Å². The fourth-order valence-electron chi connectivity index (χ4n) is 3.90. The van der Waals surface area contributed by atoms with Gasteiger partial charge >= 0.3 is 0 Å². The topological polar surface area (TPSA) is 77.3 Å². The summed E-state index contributed by atoms with van der Waals surface area (Å²) in [5.74, 6) is -0.154. The highest BCUT2D eigenvalue weighted by atomic mass is 32.2. The summed E-state index contributed by atoms with van der Waals surface area (Å²) in [7, 11) is -4.05. The van der Waals surface area contributed by atoms with Gasteiger partial charge in [-0.2, -0.15) is 9.40 Å². The van der Waals surface area contributed by atoms with E-state index in [2.05, 4.69) is 10.1 Å². The van der Waals surface area contributed by atoms with Crippen LogP contribution in [0.3, 0.4) is 0 Å². The first-order valence-electron chi connectivity index (χ1n) is 9.32. The smallest absolute Gasteiger partial charge is 0.246 e. The van der Waals surface area contributed by atoms with Crippen molar-refractivity contribution < 1.29 is 21.9 Å². The fourth-order valence-corrected chi connectivity index (χ4v) is 5.44. The van der Waals surface area contributed by atoms with Crippen LogP contribution in [0.1, 0.15) is 42.9 Å². The molecule has 1 aromatic heterocycles. The van der Waals surface area contributed by atoms with Gasteiger partial charge in [0.25, 0.3) is 0 Å². The number of rotatable bonds is 4. The van der Waals surface area contributed by atoms with Gasteiger partial charge in [-0.15, -0.1) is 0 Å². The molecule has 2 saturated heterocycles. The van der Waals surface area contributed by atoms with Crippen LogP contribution >= 0.6 is 0 Å². The van der Waals surface area contributed by atoms with Crippen molar-refractivity contribution in [3.05, 3.63) is 41.5 Å². The van der Waals surface area contributed by atoms with E-state index in [4.69, 9.17) is 4.74 Å². The van der Waals surface area contributed by atoms with Crippen molar-refractivity contribution >= 4 is 10.0 Å². The molecule has 0 bridgehead atoms. The summed E-state index contributed by atoms with van der Waals surface area (Å²) in [5, 5.41) is 4.51. The number of benzene rings is 1. The molecule has 2 fully saturated rings. The maximum Gasteiger partial charge on any atom is 0.246 e. The molecule has 0 saturated carbocycles. The molecule has 10 heteroatoms. The Labute approximate surface area is 162 Å². The molecule has 1 aromatic carbocycles. The molecule has 2 aromatic rings. The molecule has 0 radical (unpaired) electrons. The molecule has 152 valence electrons. The maximum atomic E-state index is 14.0. The lowest BCUT2D eigenvalue weighted by Gasteiger charge is -2.23. The van der Waals surface area contributed by atoms with Gasteiger partial charge in [-0.3, -0.25) is 0 Å². The predicted octanol–water partition coefficient (Wildman–Crippen LogP) is 2.39. The lowest BCUT2D eigenvalue weighted by molar-refractivity contribution is 0.0821. The first kappa shape index (κ1) is 19.4. The van der Waals surface area contributed by atoms with Gasteiger partial charge in [0.1, 0.15) is 28.2 Å². The van der Waals surface area contributed by atoms with E-state index in [1.807, 2.05) is 11.6 Å². The summed E-state index contributed by atoms with van der Waals surface area (Å²) in [6.07, 6.45) is 2.27. The third-order valence-electron chi connectivity index (χ3n) is 5.33. The summed E-state index contributed by atoms with van der Waals surface area (Å²) in [4.78, 5) is 4.07. The van der Waals surface area contributed by atoms with Gasteiger partial charge in [-0.1, -0.05) is 0 Å². The summed E-state index contributed by atoms with van der Waals surface area (Å²) in [6, 6.07) is 2.34. The number of aryl methyl sites for hydroxylation is 1. The molecule has 2 aliphatic heterocycles. The quantitative estimate of drug-likeness (QED) is 0.771. The Hall–Kier alpha value is -1.91. The second-order valence-corrected chi connectivity index (χ2v) is 9.14. The van der Waals surface area contributed by atoms with Gasteiger partial charge < -0.3 is 4.74 Å². The predicted molar refractivity (Wildman–Crippen MR) is 96.3 cm³/mol. The number of aromatic nitrogens is 3. The number of halogens is 2. The molecule has 0 N–H and O–H groups in total. The zero-order chi connectivity index (χ0) is 19.9. The van der Waals surface area contributed by atoms with Crippen LogP contribution in [0, 0.1) is 18.6 Å². The number of sulfonamides is 1. The first-order valence-corrected chi connectivity index (χ1v) is 10.8. The van der Waals surface area contributed by atoms with E-state index in [9.17, 15) is 17.2 Å². The second-order valence-electron chi connectivity index (χ2n) is 7.23. The maximum absolute atomic E-state index is 14.0. The van der Waals surface area contributed by atoms with Gasteiger partial charge in [0.15, 0.2) is 0 Å². The Kier molecular flexibility index (Phi) is 5.19. The van der Waals surface area contributed by atoms with E-state index in [1.165, 1.54) is 4.31 Å². The van der Waals surface area contributed by atoms with Crippen LogP contribution in [0.2, 0.25) is 0 Å². The van der Waals surface area contributed by atoms with Gasteiger partial charge in [-0.25, -0.2) is 26.9 Å². The largest absolute Gasteiger partial charge is 0.381 e. The molecule has 28 heavy (non-hydrogen) atoms. The highest BCUT2D eigenvalue weighted by molar-refractivity contribution is 7.89. The normalized spacial score (nSPS) is 22.0. The Balaban J connectivity index is 1.58. The zero-order valence-corrected chi connectivity index (χ0v) is 16.3. The Bertz CT molecular complexity index is 973. The minimum absolute atomic E-state index is 0.169. The SMILES string of the molecule is Cc1nc(C2CCOCC2)n(C2CCN(S(=O)(=O)c3ccc(F)cc3F)C2)n1. The van der Waals surface area contributed by atoms with Crippen molar-refractivity contribution in [2.24, 2.45) is 0 Å². The Morgan fingerprint density at radius 1 is 1.18 bits per heavy atom. The van der Waals surface area contributed by atoms with Crippen molar-refractivity contribution in [1.29, 1.82) is 0 Å². The first-order chi connectivity index (χ1) is 13.4. The van der Waals surface area contributed by atoms with Crippen molar-refractivity contribution in [2.45, 2.75) is 43.0 Å². The van der Waals surface area contributed by atoms with E-state index in [0.29, 0.717) is 31.5 Å². The second kappa shape index (κ2) is 7.49. The molecule has 1 unspecified atom stereocenters. The monoisotopic (exact) mass is 412 g/mol. The molecule has 1 atom stereocenters. The van der Waals surface area contributed by atoms with Crippen LogP contribution in [-0.2, 0) is 14.8 Å². The Morgan fingerprint density at radius 3 is 2.64 bits per heavy atom. The summed E-state index contributed by atoms with van der Waals surface area (Å²) in [6.45, 7) is 3.59. The van der Waals surface area contributed by atoms with Crippen LogP contribution in [-0.4, -0.2) is 53.8 Å². The van der Waals surface area contributed by atoms with Crippen molar-refractivity contribution in [3.8, 4) is 0 Å². The Morgan fingerprint density at radius 2 is 1.93 bits per heavy atom. The minimum atomic E-state index is -4.05. The molecule has 3 heterocycles. The van der Waals surface area contributed by atoms with Gasteiger partial charge in [0, 0.05) is 38.3 Å². The third kappa shape index (κ3) is 3.56. The molecule has 2 aliphatic rings. The van der Waals surface area contributed by atoms with Crippen molar-refractivity contribution in [1.82, 2.24) is 19.1 Å². The molecule has 4 rings (SSSR count). The van der Waals surface area contributed by atoms with Crippen LogP contribution in [0.5, 0.6) is 0 Å². The van der Waals surface area contributed by atoms with Crippen molar-refractivity contribution in [3.63, 3.8) is 0 Å². The summed E-state index contributed by atoms with van der Waals surface area (Å²) < 4.78 is 61.3. The van der Waals surface area contributed by atoms with Crippen molar-refractivity contribution in [2.75, 3.05) is 26.3 Å². The van der Waals surface area contributed by atoms with Crippen LogP contribution in [0.15, 0.2) is 23.1 Å². The average Bonchev–Trinajstić information content (AvgIpc) is 3.29. The van der Waals surface area contributed by atoms with Gasteiger partial charge in [0.2, 0.25) is 10.0 Å². The van der Waals surface area contributed by atoms with Crippen LogP contribution in [0.25, 0.3) is 0 Å². The molecule has 0 aliphatic carbocycles. The number of hydrogen-bond acceptors (Lipinski definition) is 5. The molecular formula is C18H22F2N4O3S. The van der Waals surface area contributed by atoms with Crippen LogP contribution < -0.4 is 0 Å². The lowest BCUT2D eigenvalue weighted by Crippen LogP contribution is -2.30. The third-order valence-corrected chi connectivity index (χ3v) is 7.23. The highest BCUT2D eigenvalue weighted by Gasteiger charge is 2.37. The van der Waals surface area contributed by atoms with Gasteiger partial charge in [-0.05, 0) is 38.3 Å². The average molecular weight is 412 g/mol. The lowest BCUT2D eigenvalue weighted by atomic mass is 9.99. The van der Waals surface area contributed by atoms with E-state index in [0.717, 1.165) is 30.8 Å². The van der Waals surface area contributed by atoms with Gasteiger partial charge in [0.05, 0.1) is 6.04 Å². The summed E-state index contributed by atoms with van der Waals surface area (Å²) >= 11 is 0. The number of hydrogen-bond donors (Lipinski definition) is 0. The fraction of sp³-hybridized carbons (Fsp3) is 0.556. The standard InChI is InChI=1S/C18H22F2N4O3S/c1-12-21-18(13-5-8-27-9-6-13)24(22-12)15-4-7-23(11-15)28(25,26)17-3-2-14(19)10-16(17)20/h2-3,10,13,15H,4-9,11H2,1H3. The van der Waals surface area contributed by atoms with Crippen LogP contribution in [0.4, 0.5) is 8.78 Å². The highest BCUT2D eigenvalue weighted by Crippen LogP contribution is 2.32. The minimum Gasteiger partial charge on any atom is -0.381 e. The number of nitrogens with zero attached hydrogens (tertiary/aromatic N) is 4. The molecule has 0 amide bonds. The van der Waals surface area contributed by atoms with E-state index in [1.54, 1.807) is 0 Å². The summed E-state index contributed by atoms with van der Waals surface area (Å²) in [5.41, 5.74) is 0. The van der Waals surface area contributed by atoms with E-state index in [-0.39, 0.29) is 25.0 Å². The molecular weight excluding hydrogens is 390 g/mol. The molecule has 0 spiro atoms. The number of ether oxygens (including phenoxy) is 1. The van der Waals surface area contributed by atoms with E-state index >= 15 is 0 Å².